The molecule has 0 spiro atoms. The Labute approximate surface area is 191 Å². The van der Waals surface area contributed by atoms with Gasteiger partial charge in [-0.1, -0.05) is 37.3 Å². The summed E-state index contributed by atoms with van der Waals surface area (Å²) in [6.45, 7) is 4.07. The molecule has 0 bridgehead atoms. The number of amides is 2. The Morgan fingerprint density at radius 3 is 2.67 bits per heavy atom. The summed E-state index contributed by atoms with van der Waals surface area (Å²) in [6, 6.07) is 13.9. The summed E-state index contributed by atoms with van der Waals surface area (Å²) in [7, 11) is 0. The predicted octanol–water partition coefficient (Wildman–Crippen LogP) is 2.90. The van der Waals surface area contributed by atoms with Gasteiger partial charge < -0.3 is 15.8 Å². The molecule has 3 N–H and O–H groups in total. The van der Waals surface area contributed by atoms with Crippen LogP contribution in [0.4, 0.5) is 5.69 Å². The first-order valence-electron chi connectivity index (χ1n) is 11.0. The molecule has 0 saturated carbocycles. The zero-order valence-electron chi connectivity index (χ0n) is 18.5. The van der Waals surface area contributed by atoms with Crippen molar-refractivity contribution in [1.82, 2.24) is 9.88 Å². The van der Waals surface area contributed by atoms with Crippen molar-refractivity contribution in [3.63, 3.8) is 0 Å². The van der Waals surface area contributed by atoms with Gasteiger partial charge in [0.2, 0.25) is 0 Å². The van der Waals surface area contributed by atoms with Crippen LogP contribution in [0.15, 0.2) is 48.5 Å². The highest BCUT2D eigenvalue weighted by Gasteiger charge is 2.26. The number of carbonyl (C=O) groups excluding carboxylic acids is 3. The molecule has 1 aliphatic rings. The highest BCUT2D eigenvalue weighted by atomic mass is 16.5. The molecule has 2 amide bonds. The zero-order valence-corrected chi connectivity index (χ0v) is 18.5. The lowest BCUT2D eigenvalue weighted by atomic mass is 9.95. The summed E-state index contributed by atoms with van der Waals surface area (Å²) in [4.78, 5) is 44.3. The molecule has 1 aromatic heterocycles. The number of nitrogens with one attached hydrogen (secondary N) is 1. The van der Waals surface area contributed by atoms with Gasteiger partial charge in [0.05, 0.1) is 22.3 Å². The second-order valence-electron chi connectivity index (χ2n) is 7.99. The minimum atomic E-state index is -0.658. The van der Waals surface area contributed by atoms with Crippen LogP contribution < -0.4 is 11.1 Å². The van der Waals surface area contributed by atoms with E-state index >= 15 is 0 Å². The number of aromatic nitrogens is 1. The van der Waals surface area contributed by atoms with Crippen molar-refractivity contribution in [3.8, 4) is 0 Å². The quantitative estimate of drug-likeness (QED) is 0.540. The molecule has 0 radical (unpaired) electrons. The molecule has 3 aromatic rings. The number of esters is 1. The lowest BCUT2D eigenvalue weighted by Crippen LogP contribution is -2.33. The number of anilines is 1. The third-order valence-electron chi connectivity index (χ3n) is 5.67. The number of nitrogens with zero attached hydrogens (tertiary/aromatic N) is 2. The molecule has 8 nitrogen and oxygen atoms in total. The van der Waals surface area contributed by atoms with Crippen molar-refractivity contribution in [2.45, 2.75) is 26.3 Å². The van der Waals surface area contributed by atoms with Gasteiger partial charge in [-0.05, 0) is 31.2 Å². The van der Waals surface area contributed by atoms with E-state index < -0.39 is 24.4 Å². The topological polar surface area (TPSA) is 115 Å². The second kappa shape index (κ2) is 9.79. The number of nitrogens with two attached hydrogens (primary N) is 1. The zero-order chi connectivity index (χ0) is 23.4. The monoisotopic (exact) mass is 446 g/mol. The highest BCUT2D eigenvalue weighted by Crippen LogP contribution is 2.29. The number of para-hydroxylation sites is 2. The van der Waals surface area contributed by atoms with E-state index in [-0.39, 0.29) is 11.3 Å². The molecular formula is C25H26N4O4. The van der Waals surface area contributed by atoms with Gasteiger partial charge in [-0.15, -0.1) is 0 Å². The Morgan fingerprint density at radius 2 is 1.88 bits per heavy atom. The molecule has 2 heterocycles. The summed E-state index contributed by atoms with van der Waals surface area (Å²) >= 11 is 0. The van der Waals surface area contributed by atoms with Crippen LogP contribution in [-0.4, -0.2) is 47.4 Å². The SMILES string of the molecule is CCCN1CCc2nc3ccccc3c(C(=O)OCC(=O)Nc3ccccc3C(N)=O)c2C1. The number of rotatable bonds is 7. The van der Waals surface area contributed by atoms with Gasteiger partial charge in [0, 0.05) is 36.2 Å². The molecule has 33 heavy (non-hydrogen) atoms. The maximum atomic E-state index is 13.2. The van der Waals surface area contributed by atoms with Crippen LogP contribution in [0.2, 0.25) is 0 Å². The normalized spacial score (nSPS) is 13.4. The maximum absolute atomic E-state index is 13.2. The summed E-state index contributed by atoms with van der Waals surface area (Å²) in [6.07, 6.45) is 1.77. The fourth-order valence-electron chi connectivity index (χ4n) is 4.18. The minimum absolute atomic E-state index is 0.183. The predicted molar refractivity (Wildman–Crippen MR) is 125 cm³/mol. The van der Waals surface area contributed by atoms with E-state index in [1.54, 1.807) is 18.2 Å². The largest absolute Gasteiger partial charge is 0.452 e. The number of ether oxygens (including phenoxy) is 1. The van der Waals surface area contributed by atoms with Gasteiger partial charge >= 0.3 is 5.97 Å². The third-order valence-corrected chi connectivity index (χ3v) is 5.67. The molecule has 4 rings (SSSR count). The Balaban J connectivity index is 1.56. The van der Waals surface area contributed by atoms with Crippen molar-refractivity contribution in [2.24, 2.45) is 5.73 Å². The lowest BCUT2D eigenvalue weighted by Gasteiger charge is -2.29. The fraction of sp³-hybridized carbons (Fsp3) is 0.280. The van der Waals surface area contributed by atoms with E-state index in [0.717, 1.165) is 42.7 Å². The average molecular weight is 447 g/mol. The van der Waals surface area contributed by atoms with Crippen molar-refractivity contribution in [2.75, 3.05) is 25.0 Å². The molecule has 8 heteroatoms. The van der Waals surface area contributed by atoms with Crippen LogP contribution in [0.5, 0.6) is 0 Å². The number of carbonyl (C=O) groups is 3. The number of hydrogen-bond acceptors (Lipinski definition) is 6. The van der Waals surface area contributed by atoms with E-state index in [1.807, 2.05) is 24.3 Å². The summed E-state index contributed by atoms with van der Waals surface area (Å²) in [5, 5.41) is 3.29. The molecule has 0 unspecified atom stereocenters. The van der Waals surface area contributed by atoms with Crippen LogP contribution >= 0.6 is 0 Å². The highest BCUT2D eigenvalue weighted by molar-refractivity contribution is 6.07. The molecule has 0 fully saturated rings. The van der Waals surface area contributed by atoms with Gasteiger partial charge in [-0.2, -0.15) is 0 Å². The second-order valence-corrected chi connectivity index (χ2v) is 7.99. The number of fused-ring (bicyclic) bond motifs is 2. The van der Waals surface area contributed by atoms with Crippen molar-refractivity contribution in [1.29, 1.82) is 0 Å². The van der Waals surface area contributed by atoms with E-state index in [9.17, 15) is 14.4 Å². The average Bonchev–Trinajstić information content (AvgIpc) is 2.81. The van der Waals surface area contributed by atoms with Gasteiger partial charge in [-0.25, -0.2) is 4.79 Å². The smallest absolute Gasteiger partial charge is 0.339 e. The number of hydrogen-bond donors (Lipinski definition) is 2. The van der Waals surface area contributed by atoms with Crippen molar-refractivity contribution < 1.29 is 19.1 Å². The van der Waals surface area contributed by atoms with Crippen LogP contribution in [0.25, 0.3) is 10.9 Å². The van der Waals surface area contributed by atoms with Crippen LogP contribution in [0.3, 0.4) is 0 Å². The van der Waals surface area contributed by atoms with Gasteiger partial charge in [0.15, 0.2) is 6.61 Å². The first kappa shape index (κ1) is 22.4. The van der Waals surface area contributed by atoms with E-state index in [0.29, 0.717) is 17.5 Å². The Kier molecular flexibility index (Phi) is 6.65. The van der Waals surface area contributed by atoms with Crippen molar-refractivity contribution in [3.05, 3.63) is 70.9 Å². The molecule has 170 valence electrons. The van der Waals surface area contributed by atoms with Gasteiger partial charge in [0.1, 0.15) is 0 Å². The number of primary amides is 1. The Bertz CT molecular complexity index is 1220. The molecule has 1 aliphatic heterocycles. The van der Waals surface area contributed by atoms with Gasteiger partial charge in [-0.3, -0.25) is 19.5 Å². The van der Waals surface area contributed by atoms with E-state index in [4.69, 9.17) is 15.5 Å². The summed E-state index contributed by atoms with van der Waals surface area (Å²) in [5.41, 5.74) is 8.75. The van der Waals surface area contributed by atoms with E-state index in [2.05, 4.69) is 17.1 Å². The standard InChI is InChI=1S/C25H26N4O4/c1-2-12-29-13-11-21-18(14-29)23(16-7-3-5-9-19(16)27-21)25(32)33-15-22(30)28-20-10-6-4-8-17(20)24(26)31/h3-10H,2,11-15H2,1H3,(H2,26,31)(H,28,30). The number of benzene rings is 2. The first-order valence-corrected chi connectivity index (χ1v) is 11.0. The maximum Gasteiger partial charge on any atom is 0.339 e. The van der Waals surface area contributed by atoms with Crippen LogP contribution in [-0.2, 0) is 22.5 Å². The van der Waals surface area contributed by atoms with Gasteiger partial charge in [0.25, 0.3) is 11.8 Å². The Morgan fingerprint density at radius 1 is 1.12 bits per heavy atom. The lowest BCUT2D eigenvalue weighted by molar-refractivity contribution is -0.119. The number of pyridine rings is 1. The van der Waals surface area contributed by atoms with E-state index in [1.165, 1.54) is 6.07 Å². The summed E-state index contributed by atoms with van der Waals surface area (Å²) < 4.78 is 5.42. The molecule has 0 saturated heterocycles. The fourth-order valence-corrected chi connectivity index (χ4v) is 4.18. The Hall–Kier alpha value is -3.78. The molecule has 2 aromatic carbocycles. The van der Waals surface area contributed by atoms with Crippen molar-refractivity contribution >= 4 is 34.4 Å². The van der Waals surface area contributed by atoms with Crippen LogP contribution in [0, 0.1) is 0 Å². The minimum Gasteiger partial charge on any atom is -0.452 e. The first-order chi connectivity index (χ1) is 16.0. The third kappa shape index (κ3) is 4.85. The molecule has 0 aliphatic carbocycles. The van der Waals surface area contributed by atoms with Crippen LogP contribution in [0.1, 0.15) is 45.3 Å². The molecular weight excluding hydrogens is 420 g/mol. The summed E-state index contributed by atoms with van der Waals surface area (Å²) in [5.74, 6) is -1.78. The molecule has 0 atom stereocenters.